The van der Waals surface area contributed by atoms with Crippen LogP contribution in [0.2, 0.25) is 0 Å². The molecular formula is C15H19N3. The number of nitrogens with one attached hydrogen (secondary N) is 1. The smallest absolute Gasteiger partial charge is 0.0703 e. The van der Waals surface area contributed by atoms with Gasteiger partial charge in [0.25, 0.3) is 0 Å². The van der Waals surface area contributed by atoms with Crippen molar-refractivity contribution in [1.29, 1.82) is 0 Å². The third-order valence-electron chi connectivity index (χ3n) is 3.68. The molecule has 0 spiro atoms. The number of rotatable bonds is 1. The number of fused-ring (bicyclic) bond motifs is 1. The Morgan fingerprint density at radius 3 is 3.06 bits per heavy atom. The highest BCUT2D eigenvalue weighted by Gasteiger charge is 2.22. The van der Waals surface area contributed by atoms with E-state index in [9.17, 15) is 0 Å². The second-order valence-corrected chi connectivity index (χ2v) is 5.19. The van der Waals surface area contributed by atoms with E-state index in [4.69, 9.17) is 0 Å². The minimum atomic E-state index is 0.537. The molecular weight excluding hydrogens is 222 g/mol. The Hall–Kier alpha value is -1.61. The van der Waals surface area contributed by atoms with Crippen molar-refractivity contribution in [1.82, 2.24) is 10.3 Å². The van der Waals surface area contributed by atoms with Crippen LogP contribution in [-0.2, 0) is 0 Å². The van der Waals surface area contributed by atoms with Crippen molar-refractivity contribution in [3.05, 3.63) is 36.5 Å². The average molecular weight is 241 g/mol. The lowest BCUT2D eigenvalue weighted by Crippen LogP contribution is -2.54. The fourth-order valence-corrected chi connectivity index (χ4v) is 2.62. The third kappa shape index (κ3) is 2.06. The van der Waals surface area contributed by atoms with Gasteiger partial charge in [0.2, 0.25) is 0 Å². The van der Waals surface area contributed by atoms with E-state index >= 15 is 0 Å². The number of nitrogens with zero attached hydrogens (tertiary/aromatic N) is 2. The number of piperazine rings is 1. The van der Waals surface area contributed by atoms with Crippen molar-refractivity contribution in [2.75, 3.05) is 18.0 Å². The fourth-order valence-electron chi connectivity index (χ4n) is 2.62. The Balaban J connectivity index is 1.97. The van der Waals surface area contributed by atoms with Gasteiger partial charge in [0, 0.05) is 42.4 Å². The number of benzene rings is 1. The lowest BCUT2D eigenvalue weighted by Gasteiger charge is -2.39. The summed E-state index contributed by atoms with van der Waals surface area (Å²) < 4.78 is 0. The predicted molar refractivity (Wildman–Crippen MR) is 76.0 cm³/mol. The van der Waals surface area contributed by atoms with Crippen molar-refractivity contribution in [2.45, 2.75) is 25.9 Å². The first-order valence-corrected chi connectivity index (χ1v) is 6.59. The molecule has 2 aromatic rings. The van der Waals surface area contributed by atoms with E-state index in [1.54, 1.807) is 0 Å². The predicted octanol–water partition coefficient (Wildman–Crippen LogP) is 2.42. The van der Waals surface area contributed by atoms with Crippen LogP contribution < -0.4 is 10.2 Å². The first kappa shape index (κ1) is 11.5. The van der Waals surface area contributed by atoms with E-state index in [0.717, 1.165) is 18.6 Å². The number of pyridine rings is 1. The molecule has 1 aliphatic heterocycles. The zero-order valence-corrected chi connectivity index (χ0v) is 10.9. The van der Waals surface area contributed by atoms with Crippen molar-refractivity contribution >= 4 is 16.6 Å². The number of hydrogen-bond donors (Lipinski definition) is 1. The van der Waals surface area contributed by atoms with Gasteiger partial charge in [0.05, 0.1) is 5.52 Å². The van der Waals surface area contributed by atoms with Crippen molar-refractivity contribution in [3.63, 3.8) is 0 Å². The van der Waals surface area contributed by atoms with Gasteiger partial charge in [0.1, 0.15) is 0 Å². The van der Waals surface area contributed by atoms with Crippen LogP contribution in [0, 0.1) is 0 Å². The molecule has 1 aromatic carbocycles. The summed E-state index contributed by atoms with van der Waals surface area (Å²) in [7, 11) is 0. The molecule has 1 N–H and O–H groups in total. The lowest BCUT2D eigenvalue weighted by molar-refractivity contribution is 0.425. The van der Waals surface area contributed by atoms with Gasteiger partial charge in [-0.1, -0.05) is 6.07 Å². The molecule has 0 amide bonds. The van der Waals surface area contributed by atoms with Crippen molar-refractivity contribution in [2.24, 2.45) is 0 Å². The largest absolute Gasteiger partial charge is 0.366 e. The zero-order valence-electron chi connectivity index (χ0n) is 10.9. The SMILES string of the molecule is CC1CN(c2ccc3ncccc3c2)C(C)CN1. The Bertz CT molecular complexity index is 552. The summed E-state index contributed by atoms with van der Waals surface area (Å²) in [5, 5.41) is 4.73. The van der Waals surface area contributed by atoms with Gasteiger partial charge in [-0.25, -0.2) is 0 Å². The second kappa shape index (κ2) is 4.58. The number of anilines is 1. The quantitative estimate of drug-likeness (QED) is 0.831. The first-order valence-electron chi connectivity index (χ1n) is 6.59. The topological polar surface area (TPSA) is 28.2 Å². The first-order chi connectivity index (χ1) is 8.74. The summed E-state index contributed by atoms with van der Waals surface area (Å²) in [5.41, 5.74) is 2.37. The van der Waals surface area contributed by atoms with E-state index in [1.165, 1.54) is 11.1 Å². The highest BCUT2D eigenvalue weighted by Crippen LogP contribution is 2.23. The van der Waals surface area contributed by atoms with Crippen molar-refractivity contribution < 1.29 is 0 Å². The molecule has 2 atom stereocenters. The van der Waals surface area contributed by atoms with Crippen molar-refractivity contribution in [3.8, 4) is 0 Å². The van der Waals surface area contributed by atoms with Gasteiger partial charge in [-0.2, -0.15) is 0 Å². The molecule has 0 radical (unpaired) electrons. The van der Waals surface area contributed by atoms with Crippen LogP contribution in [0.3, 0.4) is 0 Å². The summed E-state index contributed by atoms with van der Waals surface area (Å²) in [6, 6.07) is 11.8. The van der Waals surface area contributed by atoms with Gasteiger partial charge < -0.3 is 10.2 Å². The van der Waals surface area contributed by atoms with Crippen LogP contribution in [0.5, 0.6) is 0 Å². The molecule has 1 fully saturated rings. The normalized spacial score (nSPS) is 24.4. The van der Waals surface area contributed by atoms with E-state index in [0.29, 0.717) is 12.1 Å². The molecule has 3 heteroatoms. The number of aromatic nitrogens is 1. The molecule has 3 nitrogen and oxygen atoms in total. The van der Waals surface area contributed by atoms with Gasteiger partial charge in [-0.15, -0.1) is 0 Å². The standard InChI is InChI=1S/C15H19N3/c1-11-10-18(12(2)9-17-11)14-5-6-15-13(8-14)4-3-7-16-15/h3-8,11-12,17H,9-10H2,1-2H3. The molecule has 1 aromatic heterocycles. The van der Waals surface area contributed by atoms with Crippen LogP contribution >= 0.6 is 0 Å². The van der Waals surface area contributed by atoms with E-state index in [2.05, 4.69) is 53.3 Å². The highest BCUT2D eigenvalue weighted by molar-refractivity contribution is 5.82. The maximum absolute atomic E-state index is 4.37. The second-order valence-electron chi connectivity index (χ2n) is 5.19. The Labute approximate surface area is 108 Å². The highest BCUT2D eigenvalue weighted by atomic mass is 15.2. The molecule has 3 rings (SSSR count). The van der Waals surface area contributed by atoms with Gasteiger partial charge in [-0.05, 0) is 38.1 Å². The van der Waals surface area contributed by atoms with Gasteiger partial charge in [0.15, 0.2) is 0 Å². The summed E-state index contributed by atoms with van der Waals surface area (Å²) >= 11 is 0. The molecule has 94 valence electrons. The summed E-state index contributed by atoms with van der Waals surface area (Å²) in [4.78, 5) is 6.85. The minimum Gasteiger partial charge on any atom is -0.366 e. The Morgan fingerprint density at radius 2 is 2.17 bits per heavy atom. The molecule has 1 saturated heterocycles. The summed E-state index contributed by atoms with van der Waals surface area (Å²) in [5.74, 6) is 0. The molecule has 0 bridgehead atoms. The zero-order chi connectivity index (χ0) is 12.5. The van der Waals surface area contributed by atoms with Crippen LogP contribution in [0.25, 0.3) is 10.9 Å². The maximum Gasteiger partial charge on any atom is 0.0703 e. The van der Waals surface area contributed by atoms with E-state index in [1.807, 2.05) is 12.3 Å². The number of hydrogen-bond acceptors (Lipinski definition) is 3. The Kier molecular flexibility index (Phi) is 2.92. The van der Waals surface area contributed by atoms with Crippen LogP contribution in [0.4, 0.5) is 5.69 Å². The molecule has 2 unspecified atom stereocenters. The molecule has 1 aliphatic rings. The fraction of sp³-hybridized carbons (Fsp3) is 0.400. The van der Waals surface area contributed by atoms with Crippen LogP contribution in [0.15, 0.2) is 36.5 Å². The lowest BCUT2D eigenvalue weighted by atomic mass is 10.1. The maximum atomic E-state index is 4.37. The molecule has 18 heavy (non-hydrogen) atoms. The van der Waals surface area contributed by atoms with Gasteiger partial charge >= 0.3 is 0 Å². The summed E-state index contributed by atoms with van der Waals surface area (Å²) in [6.07, 6.45) is 1.84. The van der Waals surface area contributed by atoms with E-state index in [-0.39, 0.29) is 0 Å². The molecule has 0 saturated carbocycles. The third-order valence-corrected chi connectivity index (χ3v) is 3.68. The summed E-state index contributed by atoms with van der Waals surface area (Å²) in [6.45, 7) is 6.62. The van der Waals surface area contributed by atoms with E-state index < -0.39 is 0 Å². The molecule has 0 aliphatic carbocycles. The monoisotopic (exact) mass is 241 g/mol. The van der Waals surface area contributed by atoms with Crippen LogP contribution in [-0.4, -0.2) is 30.2 Å². The molecule has 2 heterocycles. The van der Waals surface area contributed by atoms with Gasteiger partial charge in [-0.3, -0.25) is 4.98 Å². The Morgan fingerprint density at radius 1 is 1.28 bits per heavy atom. The minimum absolute atomic E-state index is 0.537. The average Bonchev–Trinajstić information content (AvgIpc) is 2.41. The van der Waals surface area contributed by atoms with Crippen LogP contribution in [0.1, 0.15) is 13.8 Å².